The second-order valence-electron chi connectivity index (χ2n) is 4.79. The van der Waals surface area contributed by atoms with Crippen molar-refractivity contribution < 1.29 is 9.90 Å². The molecule has 0 spiro atoms. The number of para-hydroxylation sites is 1. The van der Waals surface area contributed by atoms with Crippen LogP contribution in [0.25, 0.3) is 0 Å². The van der Waals surface area contributed by atoms with E-state index >= 15 is 0 Å². The molecule has 1 amide bonds. The van der Waals surface area contributed by atoms with Crippen molar-refractivity contribution in [2.45, 2.75) is 12.8 Å². The number of hydrogen-bond donors (Lipinski definition) is 3. The summed E-state index contributed by atoms with van der Waals surface area (Å²) >= 11 is 3.38. The first-order valence-electron chi connectivity index (χ1n) is 6.01. The van der Waals surface area contributed by atoms with E-state index in [0.29, 0.717) is 6.54 Å². The van der Waals surface area contributed by atoms with Crippen molar-refractivity contribution in [3.8, 4) is 0 Å². The quantitative estimate of drug-likeness (QED) is 0.750. The molecule has 0 atom stereocenters. The SMILES string of the molecule is O=C(CNCC1(CO)CC1)Nc1ccccc1Br. The van der Waals surface area contributed by atoms with Crippen LogP contribution in [-0.2, 0) is 4.79 Å². The summed E-state index contributed by atoms with van der Waals surface area (Å²) in [5, 5.41) is 15.1. The maximum absolute atomic E-state index is 11.7. The summed E-state index contributed by atoms with van der Waals surface area (Å²) in [7, 11) is 0. The van der Waals surface area contributed by atoms with Crippen molar-refractivity contribution in [2.75, 3.05) is 25.0 Å². The molecule has 1 fully saturated rings. The number of rotatable bonds is 6. The van der Waals surface area contributed by atoms with Gasteiger partial charge in [0.25, 0.3) is 0 Å². The molecule has 1 aromatic carbocycles. The fourth-order valence-electron chi connectivity index (χ4n) is 1.77. The lowest BCUT2D eigenvalue weighted by Gasteiger charge is -2.13. The molecule has 1 saturated carbocycles. The lowest BCUT2D eigenvalue weighted by Crippen LogP contribution is -2.33. The molecule has 0 bridgehead atoms. The Morgan fingerprint density at radius 3 is 2.72 bits per heavy atom. The van der Waals surface area contributed by atoms with Crippen LogP contribution in [0.5, 0.6) is 0 Å². The Hall–Kier alpha value is -0.910. The van der Waals surface area contributed by atoms with Crippen LogP contribution < -0.4 is 10.6 Å². The minimum Gasteiger partial charge on any atom is -0.396 e. The summed E-state index contributed by atoms with van der Waals surface area (Å²) in [6.07, 6.45) is 2.09. The standard InChI is InChI=1S/C13H17BrN2O2/c14-10-3-1-2-4-11(10)16-12(18)7-15-8-13(9-17)5-6-13/h1-4,15,17H,5-9H2,(H,16,18). The van der Waals surface area contributed by atoms with Crippen LogP contribution in [0.3, 0.4) is 0 Å². The third-order valence-electron chi connectivity index (χ3n) is 3.23. The van der Waals surface area contributed by atoms with Crippen molar-refractivity contribution in [1.82, 2.24) is 5.32 Å². The van der Waals surface area contributed by atoms with Gasteiger partial charge in [-0.05, 0) is 40.9 Å². The Labute approximate surface area is 115 Å². The second-order valence-corrected chi connectivity index (χ2v) is 5.64. The van der Waals surface area contributed by atoms with Crippen molar-refractivity contribution in [1.29, 1.82) is 0 Å². The highest BCUT2D eigenvalue weighted by Crippen LogP contribution is 2.44. The van der Waals surface area contributed by atoms with Gasteiger partial charge < -0.3 is 15.7 Å². The summed E-state index contributed by atoms with van der Waals surface area (Å²) in [5.41, 5.74) is 0.806. The minimum absolute atomic E-state index is 0.0353. The number of anilines is 1. The van der Waals surface area contributed by atoms with Gasteiger partial charge in [0.15, 0.2) is 0 Å². The lowest BCUT2D eigenvalue weighted by atomic mass is 10.1. The van der Waals surface area contributed by atoms with Crippen molar-refractivity contribution in [3.05, 3.63) is 28.7 Å². The molecule has 2 rings (SSSR count). The Morgan fingerprint density at radius 2 is 2.11 bits per heavy atom. The molecule has 3 N–H and O–H groups in total. The number of halogens is 1. The summed E-state index contributed by atoms with van der Waals surface area (Å²) in [4.78, 5) is 11.7. The number of nitrogens with one attached hydrogen (secondary N) is 2. The number of hydrogen-bond acceptors (Lipinski definition) is 3. The third kappa shape index (κ3) is 3.54. The highest BCUT2D eigenvalue weighted by molar-refractivity contribution is 9.10. The van der Waals surface area contributed by atoms with Crippen molar-refractivity contribution in [3.63, 3.8) is 0 Å². The van der Waals surface area contributed by atoms with E-state index < -0.39 is 0 Å². The molecular weight excluding hydrogens is 296 g/mol. The maximum Gasteiger partial charge on any atom is 0.238 e. The number of aliphatic hydroxyl groups excluding tert-OH is 1. The van der Waals surface area contributed by atoms with Gasteiger partial charge in [0.05, 0.1) is 12.2 Å². The first-order chi connectivity index (χ1) is 8.65. The Bertz CT molecular complexity index is 433. The minimum atomic E-state index is -0.0735. The topological polar surface area (TPSA) is 61.4 Å². The van der Waals surface area contributed by atoms with Gasteiger partial charge in [0.1, 0.15) is 0 Å². The predicted octanol–water partition coefficient (Wildman–Crippen LogP) is 1.75. The zero-order valence-electron chi connectivity index (χ0n) is 10.1. The van der Waals surface area contributed by atoms with E-state index in [4.69, 9.17) is 5.11 Å². The first-order valence-corrected chi connectivity index (χ1v) is 6.80. The summed E-state index contributed by atoms with van der Waals surface area (Å²) in [6.45, 7) is 1.17. The van der Waals surface area contributed by atoms with Gasteiger partial charge in [0, 0.05) is 23.0 Å². The number of aliphatic hydroxyl groups is 1. The summed E-state index contributed by atoms with van der Waals surface area (Å²) < 4.78 is 0.868. The van der Waals surface area contributed by atoms with Gasteiger partial charge in [0.2, 0.25) is 5.91 Å². The Balaban J connectivity index is 1.74. The monoisotopic (exact) mass is 312 g/mol. The van der Waals surface area contributed by atoms with Crippen LogP contribution in [0.15, 0.2) is 28.7 Å². The highest BCUT2D eigenvalue weighted by atomic mass is 79.9. The highest BCUT2D eigenvalue weighted by Gasteiger charge is 2.41. The molecule has 1 aromatic rings. The van der Waals surface area contributed by atoms with Crippen LogP contribution in [0, 0.1) is 5.41 Å². The molecule has 0 aromatic heterocycles. The molecule has 1 aliphatic carbocycles. The van der Waals surface area contributed by atoms with E-state index in [0.717, 1.165) is 23.0 Å². The van der Waals surface area contributed by atoms with Crippen LogP contribution in [-0.4, -0.2) is 30.7 Å². The van der Waals surface area contributed by atoms with Crippen LogP contribution in [0.4, 0.5) is 5.69 Å². The van der Waals surface area contributed by atoms with E-state index in [2.05, 4.69) is 26.6 Å². The molecule has 98 valence electrons. The third-order valence-corrected chi connectivity index (χ3v) is 3.92. The molecule has 18 heavy (non-hydrogen) atoms. The fourth-order valence-corrected chi connectivity index (χ4v) is 2.15. The average molecular weight is 313 g/mol. The molecule has 5 heteroatoms. The smallest absolute Gasteiger partial charge is 0.238 e. The second kappa shape index (κ2) is 5.82. The Kier molecular flexibility index (Phi) is 4.37. The van der Waals surface area contributed by atoms with E-state index in [1.165, 1.54) is 0 Å². The van der Waals surface area contributed by atoms with E-state index in [1.807, 2.05) is 24.3 Å². The Morgan fingerprint density at radius 1 is 1.39 bits per heavy atom. The van der Waals surface area contributed by atoms with Gasteiger partial charge in [-0.25, -0.2) is 0 Å². The average Bonchev–Trinajstić information content (AvgIpc) is 3.13. The number of carbonyl (C=O) groups excluding carboxylic acids is 1. The van der Waals surface area contributed by atoms with Gasteiger partial charge in [-0.2, -0.15) is 0 Å². The first kappa shape index (κ1) is 13.5. The normalized spacial score (nSPS) is 16.3. The van der Waals surface area contributed by atoms with Gasteiger partial charge in [-0.3, -0.25) is 4.79 Å². The van der Waals surface area contributed by atoms with Gasteiger partial charge >= 0.3 is 0 Å². The van der Waals surface area contributed by atoms with Crippen molar-refractivity contribution in [2.24, 2.45) is 5.41 Å². The van der Waals surface area contributed by atoms with Crippen molar-refractivity contribution >= 4 is 27.5 Å². The largest absolute Gasteiger partial charge is 0.396 e. The number of benzene rings is 1. The molecule has 0 aliphatic heterocycles. The zero-order valence-corrected chi connectivity index (χ0v) is 11.7. The lowest BCUT2D eigenvalue weighted by molar-refractivity contribution is -0.115. The molecule has 0 saturated heterocycles. The fraction of sp³-hybridized carbons (Fsp3) is 0.462. The zero-order chi connectivity index (χ0) is 13.0. The molecule has 4 nitrogen and oxygen atoms in total. The van der Waals surface area contributed by atoms with Crippen LogP contribution in [0.2, 0.25) is 0 Å². The molecule has 0 unspecified atom stereocenters. The summed E-state index contributed by atoms with van der Waals surface area (Å²) in [5.74, 6) is -0.0735. The molecule has 0 radical (unpaired) electrons. The van der Waals surface area contributed by atoms with E-state index in [9.17, 15) is 4.79 Å². The van der Waals surface area contributed by atoms with E-state index in [-0.39, 0.29) is 24.5 Å². The maximum atomic E-state index is 11.7. The van der Waals surface area contributed by atoms with Gasteiger partial charge in [-0.15, -0.1) is 0 Å². The molecular formula is C13H17BrN2O2. The summed E-state index contributed by atoms with van der Waals surface area (Å²) in [6, 6.07) is 7.50. The molecule has 1 aliphatic rings. The van der Waals surface area contributed by atoms with Crippen LogP contribution in [0.1, 0.15) is 12.8 Å². The van der Waals surface area contributed by atoms with Crippen LogP contribution >= 0.6 is 15.9 Å². The van der Waals surface area contributed by atoms with E-state index in [1.54, 1.807) is 0 Å². The molecule has 0 heterocycles. The number of amides is 1. The predicted molar refractivity (Wildman–Crippen MR) is 74.4 cm³/mol. The van der Waals surface area contributed by atoms with Gasteiger partial charge in [-0.1, -0.05) is 12.1 Å². The number of carbonyl (C=O) groups is 1.